The molecule has 0 radical (unpaired) electrons. The summed E-state index contributed by atoms with van der Waals surface area (Å²) in [6, 6.07) is 0.595. The number of piperidine rings is 1. The van der Waals surface area contributed by atoms with Gasteiger partial charge in [0.2, 0.25) is 0 Å². The first-order chi connectivity index (χ1) is 7.85. The highest BCUT2D eigenvalue weighted by Gasteiger charge is 2.21. The van der Waals surface area contributed by atoms with Crippen molar-refractivity contribution < 1.29 is 0 Å². The molecule has 2 heterocycles. The van der Waals surface area contributed by atoms with E-state index in [1.165, 1.54) is 25.2 Å². The van der Waals surface area contributed by atoms with Crippen molar-refractivity contribution in [2.75, 3.05) is 26.2 Å². The summed E-state index contributed by atoms with van der Waals surface area (Å²) in [7, 11) is 0. The van der Waals surface area contributed by atoms with Crippen molar-refractivity contribution in [3.05, 3.63) is 18.2 Å². The average Bonchev–Trinajstić information content (AvgIpc) is 2.78. The fourth-order valence-electron chi connectivity index (χ4n) is 2.59. The molecule has 90 valence electrons. The van der Waals surface area contributed by atoms with Crippen molar-refractivity contribution in [3.8, 4) is 0 Å². The lowest BCUT2D eigenvalue weighted by molar-refractivity contribution is 0.180. The molecule has 16 heavy (non-hydrogen) atoms. The summed E-state index contributed by atoms with van der Waals surface area (Å²) in [5.74, 6) is 1.21. The molecule has 1 atom stereocenters. The summed E-state index contributed by atoms with van der Waals surface area (Å²) < 4.78 is 2.35. The van der Waals surface area contributed by atoms with Gasteiger partial charge in [-0.25, -0.2) is 4.98 Å². The van der Waals surface area contributed by atoms with Crippen LogP contribution in [-0.4, -0.2) is 40.6 Å². The Kier molecular flexibility index (Phi) is 3.96. The van der Waals surface area contributed by atoms with Crippen molar-refractivity contribution in [3.63, 3.8) is 0 Å². The molecular formula is C12H22N4. The largest absolute Gasteiger partial charge is 0.331 e. The van der Waals surface area contributed by atoms with Crippen LogP contribution in [0.4, 0.5) is 0 Å². The van der Waals surface area contributed by atoms with Crippen molar-refractivity contribution >= 4 is 0 Å². The highest BCUT2D eigenvalue weighted by molar-refractivity contribution is 4.96. The lowest BCUT2D eigenvalue weighted by Crippen LogP contribution is -2.39. The molecular weight excluding hydrogens is 200 g/mol. The minimum atomic E-state index is 0.595. The third kappa shape index (κ3) is 2.44. The second-order valence-electron chi connectivity index (χ2n) is 4.49. The van der Waals surface area contributed by atoms with E-state index in [1.54, 1.807) is 0 Å². The van der Waals surface area contributed by atoms with Crippen LogP contribution in [0.25, 0.3) is 0 Å². The fourth-order valence-corrected chi connectivity index (χ4v) is 2.59. The van der Waals surface area contributed by atoms with Crippen molar-refractivity contribution in [2.24, 2.45) is 5.73 Å². The lowest BCUT2D eigenvalue weighted by Gasteiger charge is -2.33. The van der Waals surface area contributed by atoms with Crippen LogP contribution in [0.3, 0.4) is 0 Å². The second kappa shape index (κ2) is 5.46. The molecule has 1 unspecified atom stereocenters. The second-order valence-corrected chi connectivity index (χ2v) is 4.49. The SMILES string of the molecule is CCc1nccn1C1CCCN(CCN)C1. The van der Waals surface area contributed by atoms with Gasteiger partial charge < -0.3 is 15.2 Å². The molecule has 4 heteroatoms. The number of aryl methyl sites for hydroxylation is 1. The van der Waals surface area contributed by atoms with Crippen LogP contribution >= 0.6 is 0 Å². The van der Waals surface area contributed by atoms with E-state index < -0.39 is 0 Å². The van der Waals surface area contributed by atoms with Gasteiger partial charge in [-0.05, 0) is 19.4 Å². The standard InChI is InChI=1S/C12H22N4/c1-2-12-14-6-9-16(12)11-4-3-7-15(10-11)8-5-13/h6,9,11H,2-5,7-8,10,13H2,1H3. The Morgan fingerprint density at radius 3 is 3.19 bits per heavy atom. The highest BCUT2D eigenvalue weighted by atomic mass is 15.2. The molecule has 0 aromatic carbocycles. The number of nitrogens with zero attached hydrogens (tertiary/aromatic N) is 3. The Morgan fingerprint density at radius 1 is 1.56 bits per heavy atom. The molecule has 1 aliphatic heterocycles. The van der Waals surface area contributed by atoms with Gasteiger partial charge in [-0.15, -0.1) is 0 Å². The fraction of sp³-hybridized carbons (Fsp3) is 0.750. The summed E-state index contributed by atoms with van der Waals surface area (Å²) in [5.41, 5.74) is 5.62. The van der Waals surface area contributed by atoms with Gasteiger partial charge in [0, 0.05) is 44.5 Å². The van der Waals surface area contributed by atoms with Crippen LogP contribution in [-0.2, 0) is 6.42 Å². The average molecular weight is 222 g/mol. The van der Waals surface area contributed by atoms with E-state index in [0.717, 1.165) is 26.1 Å². The molecule has 1 aromatic heterocycles. The number of hydrogen-bond donors (Lipinski definition) is 1. The zero-order valence-electron chi connectivity index (χ0n) is 10.1. The van der Waals surface area contributed by atoms with Crippen LogP contribution < -0.4 is 5.73 Å². The van der Waals surface area contributed by atoms with Gasteiger partial charge in [-0.2, -0.15) is 0 Å². The van der Waals surface area contributed by atoms with E-state index in [0.29, 0.717) is 6.04 Å². The topological polar surface area (TPSA) is 47.1 Å². The minimum Gasteiger partial charge on any atom is -0.331 e. The lowest BCUT2D eigenvalue weighted by atomic mass is 10.1. The summed E-state index contributed by atoms with van der Waals surface area (Å²) in [5, 5.41) is 0. The maximum Gasteiger partial charge on any atom is 0.108 e. The first-order valence-electron chi connectivity index (χ1n) is 6.29. The summed E-state index contributed by atoms with van der Waals surface area (Å²) in [6.07, 6.45) is 7.59. The predicted molar refractivity (Wildman–Crippen MR) is 65.4 cm³/mol. The Labute approximate surface area is 97.4 Å². The van der Waals surface area contributed by atoms with E-state index in [1.807, 2.05) is 6.20 Å². The quantitative estimate of drug-likeness (QED) is 0.828. The van der Waals surface area contributed by atoms with Crippen LogP contribution in [0.5, 0.6) is 0 Å². The normalized spacial score (nSPS) is 22.5. The zero-order valence-corrected chi connectivity index (χ0v) is 10.1. The molecule has 2 N–H and O–H groups in total. The molecule has 2 rings (SSSR count). The Bertz CT molecular complexity index is 319. The highest BCUT2D eigenvalue weighted by Crippen LogP contribution is 2.22. The van der Waals surface area contributed by atoms with Gasteiger partial charge in [0.1, 0.15) is 5.82 Å². The summed E-state index contributed by atoms with van der Waals surface area (Å²) >= 11 is 0. The van der Waals surface area contributed by atoms with Crippen LogP contribution in [0.2, 0.25) is 0 Å². The van der Waals surface area contributed by atoms with Crippen molar-refractivity contribution in [1.29, 1.82) is 0 Å². The number of aromatic nitrogens is 2. The van der Waals surface area contributed by atoms with Gasteiger partial charge in [0.25, 0.3) is 0 Å². The van der Waals surface area contributed by atoms with Gasteiger partial charge in [0.15, 0.2) is 0 Å². The number of rotatable bonds is 4. The van der Waals surface area contributed by atoms with Gasteiger partial charge in [0.05, 0.1) is 0 Å². The maximum absolute atomic E-state index is 5.62. The summed E-state index contributed by atoms with van der Waals surface area (Å²) in [6.45, 7) is 6.27. The molecule has 1 saturated heterocycles. The summed E-state index contributed by atoms with van der Waals surface area (Å²) in [4.78, 5) is 6.87. The minimum absolute atomic E-state index is 0.595. The molecule has 1 aliphatic rings. The Hall–Kier alpha value is -0.870. The molecule has 0 saturated carbocycles. The van der Waals surface area contributed by atoms with Crippen LogP contribution in [0.1, 0.15) is 31.6 Å². The molecule has 0 amide bonds. The van der Waals surface area contributed by atoms with Crippen LogP contribution in [0, 0.1) is 0 Å². The van der Waals surface area contributed by atoms with E-state index in [-0.39, 0.29) is 0 Å². The van der Waals surface area contributed by atoms with E-state index >= 15 is 0 Å². The Morgan fingerprint density at radius 2 is 2.44 bits per heavy atom. The van der Waals surface area contributed by atoms with Crippen molar-refractivity contribution in [2.45, 2.75) is 32.2 Å². The first-order valence-corrected chi connectivity index (χ1v) is 6.29. The molecule has 4 nitrogen and oxygen atoms in total. The van der Waals surface area contributed by atoms with Crippen LogP contribution in [0.15, 0.2) is 12.4 Å². The molecule has 1 fully saturated rings. The first kappa shape index (κ1) is 11.6. The third-order valence-electron chi connectivity index (χ3n) is 3.38. The number of imidazole rings is 1. The van der Waals surface area contributed by atoms with E-state index in [2.05, 4.69) is 27.6 Å². The molecule has 0 bridgehead atoms. The van der Waals surface area contributed by atoms with E-state index in [4.69, 9.17) is 5.73 Å². The number of hydrogen-bond acceptors (Lipinski definition) is 3. The molecule has 1 aromatic rings. The molecule has 0 aliphatic carbocycles. The van der Waals surface area contributed by atoms with E-state index in [9.17, 15) is 0 Å². The van der Waals surface area contributed by atoms with Gasteiger partial charge >= 0.3 is 0 Å². The zero-order chi connectivity index (χ0) is 11.4. The van der Waals surface area contributed by atoms with Crippen molar-refractivity contribution in [1.82, 2.24) is 14.5 Å². The maximum atomic E-state index is 5.62. The smallest absolute Gasteiger partial charge is 0.108 e. The third-order valence-corrected chi connectivity index (χ3v) is 3.38. The number of likely N-dealkylation sites (tertiary alicyclic amines) is 1. The Balaban J connectivity index is 2.03. The molecule has 0 spiro atoms. The van der Waals surface area contributed by atoms with Gasteiger partial charge in [-0.1, -0.05) is 6.92 Å². The van der Waals surface area contributed by atoms with Gasteiger partial charge in [-0.3, -0.25) is 0 Å². The monoisotopic (exact) mass is 222 g/mol. The number of nitrogens with two attached hydrogens (primary N) is 1. The predicted octanol–water partition coefficient (Wildman–Crippen LogP) is 1.04.